The summed E-state index contributed by atoms with van der Waals surface area (Å²) in [5.41, 5.74) is 3.20. The topological polar surface area (TPSA) is 79.9 Å². The second kappa shape index (κ2) is 11.5. The molecule has 37 heavy (non-hydrogen) atoms. The zero-order valence-electron chi connectivity index (χ0n) is 21.9. The summed E-state index contributed by atoms with van der Waals surface area (Å²) in [6.07, 6.45) is 6.61. The van der Waals surface area contributed by atoms with Gasteiger partial charge in [0.15, 0.2) is 0 Å². The third kappa shape index (κ3) is 6.27. The maximum absolute atomic E-state index is 13.3. The summed E-state index contributed by atoms with van der Waals surface area (Å²) < 4.78 is 11.7. The number of benzene rings is 2. The molecule has 1 unspecified atom stereocenters. The number of rotatable bonds is 4. The van der Waals surface area contributed by atoms with Gasteiger partial charge in [-0.3, -0.25) is 14.5 Å². The fourth-order valence-corrected chi connectivity index (χ4v) is 5.92. The Morgan fingerprint density at radius 1 is 1.08 bits per heavy atom. The summed E-state index contributed by atoms with van der Waals surface area (Å²) in [6, 6.07) is 14.4. The number of carbonyl (C=O) groups is 2. The summed E-state index contributed by atoms with van der Waals surface area (Å²) >= 11 is 0. The van der Waals surface area contributed by atoms with Gasteiger partial charge in [-0.1, -0.05) is 36.8 Å². The summed E-state index contributed by atoms with van der Waals surface area (Å²) in [6.45, 7) is 5.46. The predicted molar refractivity (Wildman–Crippen MR) is 143 cm³/mol. The molecule has 2 aromatic rings. The molecule has 1 fully saturated rings. The highest BCUT2D eigenvalue weighted by molar-refractivity contribution is 5.83. The highest BCUT2D eigenvalue weighted by Crippen LogP contribution is 2.37. The van der Waals surface area contributed by atoms with E-state index in [2.05, 4.69) is 40.7 Å². The van der Waals surface area contributed by atoms with Crippen LogP contribution >= 0.6 is 0 Å². The number of hydrogen-bond acceptors (Lipinski definition) is 5. The van der Waals surface area contributed by atoms with E-state index < -0.39 is 0 Å². The highest BCUT2D eigenvalue weighted by atomic mass is 16.5. The third-order valence-corrected chi connectivity index (χ3v) is 8.08. The van der Waals surface area contributed by atoms with Crippen molar-refractivity contribution in [1.82, 2.24) is 15.5 Å². The van der Waals surface area contributed by atoms with Crippen molar-refractivity contribution in [2.45, 2.75) is 64.5 Å². The molecular weight excluding hydrogens is 466 g/mol. The number of nitrogens with one attached hydrogen (secondary N) is 2. The molecule has 1 spiro atoms. The fraction of sp³-hybridized carbons (Fsp3) is 0.533. The lowest BCUT2D eigenvalue weighted by Gasteiger charge is -2.40. The molecule has 7 nitrogen and oxygen atoms in total. The van der Waals surface area contributed by atoms with Gasteiger partial charge in [0, 0.05) is 13.0 Å². The number of carbonyl (C=O) groups excluding carboxylic acids is 2. The second-order valence-corrected chi connectivity index (χ2v) is 10.8. The Hall–Kier alpha value is -3.06. The predicted octanol–water partition coefficient (Wildman–Crippen LogP) is 3.63. The number of aryl methyl sites for hydroxylation is 1. The summed E-state index contributed by atoms with van der Waals surface area (Å²) in [5.74, 6) is 2.06. The summed E-state index contributed by atoms with van der Waals surface area (Å²) in [5, 5.41) is 6.20. The Balaban J connectivity index is 1.11. The first-order chi connectivity index (χ1) is 18.0. The average molecular weight is 506 g/mol. The van der Waals surface area contributed by atoms with Gasteiger partial charge < -0.3 is 20.1 Å². The van der Waals surface area contributed by atoms with Crippen molar-refractivity contribution >= 4 is 11.8 Å². The first-order valence-corrected chi connectivity index (χ1v) is 13.8. The molecule has 7 heteroatoms. The lowest BCUT2D eigenvalue weighted by atomic mass is 9.73. The minimum atomic E-state index is -0.352. The first-order valence-electron chi connectivity index (χ1n) is 13.8. The lowest BCUT2D eigenvalue weighted by Crippen LogP contribution is -2.51. The number of ether oxygens (including phenoxy) is 2. The lowest BCUT2D eigenvalue weighted by molar-refractivity contribution is -0.135. The Labute approximate surface area is 219 Å². The van der Waals surface area contributed by atoms with Gasteiger partial charge in [0.25, 0.3) is 0 Å². The molecule has 1 saturated heterocycles. The second-order valence-electron chi connectivity index (χ2n) is 10.8. The van der Waals surface area contributed by atoms with Crippen LogP contribution in [-0.4, -0.2) is 55.6 Å². The number of para-hydroxylation sites is 1. The summed E-state index contributed by atoms with van der Waals surface area (Å²) in [7, 11) is 0. The van der Waals surface area contributed by atoms with Crippen LogP contribution in [0.5, 0.6) is 11.5 Å². The van der Waals surface area contributed by atoms with E-state index in [1.165, 1.54) is 11.1 Å². The zero-order chi connectivity index (χ0) is 25.7. The number of hydrogen-bond donors (Lipinski definition) is 2. The van der Waals surface area contributed by atoms with Gasteiger partial charge >= 0.3 is 0 Å². The van der Waals surface area contributed by atoms with Crippen molar-refractivity contribution in [3.05, 3.63) is 59.2 Å². The largest absolute Gasteiger partial charge is 0.491 e. The first kappa shape index (κ1) is 25.6. The van der Waals surface area contributed by atoms with Crippen LogP contribution < -0.4 is 20.1 Å². The van der Waals surface area contributed by atoms with Crippen LogP contribution in [0.4, 0.5) is 0 Å². The number of piperidine rings is 1. The normalized spacial score (nSPS) is 21.9. The van der Waals surface area contributed by atoms with Gasteiger partial charge in [0.05, 0.1) is 18.5 Å². The van der Waals surface area contributed by atoms with Crippen LogP contribution in [0, 0.1) is 5.41 Å². The Morgan fingerprint density at radius 2 is 1.92 bits per heavy atom. The number of fused-ring (bicyclic) bond motifs is 2. The third-order valence-electron chi connectivity index (χ3n) is 8.08. The van der Waals surface area contributed by atoms with Gasteiger partial charge in [-0.25, -0.2) is 0 Å². The van der Waals surface area contributed by atoms with Crippen LogP contribution in [0.2, 0.25) is 0 Å². The molecule has 0 aliphatic carbocycles. The van der Waals surface area contributed by atoms with Gasteiger partial charge in [-0.15, -0.1) is 0 Å². The Bertz CT molecular complexity index is 1110. The van der Waals surface area contributed by atoms with Gasteiger partial charge in [-0.2, -0.15) is 0 Å². The fourth-order valence-electron chi connectivity index (χ4n) is 5.92. The molecule has 1 atom stereocenters. The molecule has 3 aliphatic rings. The van der Waals surface area contributed by atoms with E-state index in [9.17, 15) is 9.59 Å². The van der Waals surface area contributed by atoms with E-state index in [-0.39, 0.29) is 23.3 Å². The van der Waals surface area contributed by atoms with Gasteiger partial charge in [0.1, 0.15) is 24.2 Å². The average Bonchev–Trinajstić information content (AvgIpc) is 3.28. The highest BCUT2D eigenvalue weighted by Gasteiger charge is 2.41. The SMILES string of the molecule is CC1Cc2cc(CNC(=O)CN3CCC4(CCCCc5ccccc5OCCNC4=O)CC3)ccc2O1. The van der Waals surface area contributed by atoms with Crippen LogP contribution in [0.25, 0.3) is 0 Å². The number of nitrogens with zero attached hydrogens (tertiary/aromatic N) is 1. The molecule has 2 N–H and O–H groups in total. The van der Waals surface area contributed by atoms with Crippen molar-refractivity contribution in [2.75, 3.05) is 32.8 Å². The number of amides is 2. The number of likely N-dealkylation sites (tertiary alicyclic amines) is 1. The smallest absolute Gasteiger partial charge is 0.234 e. The Morgan fingerprint density at radius 3 is 2.78 bits per heavy atom. The van der Waals surface area contributed by atoms with Crippen LogP contribution in [-0.2, 0) is 29.0 Å². The van der Waals surface area contributed by atoms with Crippen molar-refractivity contribution in [2.24, 2.45) is 5.41 Å². The maximum Gasteiger partial charge on any atom is 0.234 e. The van der Waals surface area contributed by atoms with Crippen LogP contribution in [0.1, 0.15) is 55.7 Å². The molecule has 198 valence electrons. The molecule has 0 bridgehead atoms. The van der Waals surface area contributed by atoms with E-state index >= 15 is 0 Å². The van der Waals surface area contributed by atoms with Crippen molar-refractivity contribution in [3.63, 3.8) is 0 Å². The quantitative estimate of drug-likeness (QED) is 0.664. The van der Waals surface area contributed by atoms with E-state index in [0.29, 0.717) is 26.2 Å². The molecule has 2 aromatic carbocycles. The molecule has 3 heterocycles. The molecule has 0 aromatic heterocycles. The van der Waals surface area contributed by atoms with E-state index in [1.54, 1.807) is 0 Å². The van der Waals surface area contributed by atoms with Crippen molar-refractivity contribution in [1.29, 1.82) is 0 Å². The van der Waals surface area contributed by atoms with Gasteiger partial charge in [-0.05, 0) is 80.9 Å². The molecule has 0 saturated carbocycles. The van der Waals surface area contributed by atoms with Crippen molar-refractivity contribution in [3.8, 4) is 11.5 Å². The minimum Gasteiger partial charge on any atom is -0.491 e. The maximum atomic E-state index is 13.3. The standard InChI is InChI=1S/C30H39N3O4/c1-22-18-25-19-23(9-10-27(25)37-22)20-32-28(34)21-33-15-12-30(13-16-33)11-5-4-7-24-6-2-3-8-26(24)36-17-14-31-29(30)35/h2-3,6,8-10,19,22H,4-5,7,11-18,20-21H2,1H3,(H,31,35)(H,32,34). The monoisotopic (exact) mass is 505 g/mol. The molecule has 3 aliphatic heterocycles. The van der Waals surface area contributed by atoms with E-state index in [0.717, 1.165) is 75.1 Å². The van der Waals surface area contributed by atoms with Crippen LogP contribution in [0.3, 0.4) is 0 Å². The Kier molecular flexibility index (Phi) is 7.99. The molecule has 2 amide bonds. The zero-order valence-corrected chi connectivity index (χ0v) is 21.9. The molecule has 0 radical (unpaired) electrons. The van der Waals surface area contributed by atoms with Crippen molar-refractivity contribution < 1.29 is 19.1 Å². The van der Waals surface area contributed by atoms with E-state index in [1.807, 2.05) is 24.3 Å². The minimum absolute atomic E-state index is 0.0278. The van der Waals surface area contributed by atoms with Gasteiger partial charge in [0.2, 0.25) is 11.8 Å². The van der Waals surface area contributed by atoms with Crippen LogP contribution in [0.15, 0.2) is 42.5 Å². The molecule has 5 rings (SSSR count). The molecular formula is C30H39N3O4. The van der Waals surface area contributed by atoms with E-state index in [4.69, 9.17) is 9.47 Å². The summed E-state index contributed by atoms with van der Waals surface area (Å²) in [4.78, 5) is 28.1.